The molecule has 0 aromatic carbocycles. The maximum absolute atomic E-state index is 11.8. The van der Waals surface area contributed by atoms with Crippen molar-refractivity contribution in [2.75, 3.05) is 13.2 Å². The summed E-state index contributed by atoms with van der Waals surface area (Å²) in [5, 5.41) is 11.8. The lowest BCUT2D eigenvalue weighted by molar-refractivity contribution is -0.116. The van der Waals surface area contributed by atoms with Gasteiger partial charge in [0, 0.05) is 31.1 Å². The van der Waals surface area contributed by atoms with Crippen molar-refractivity contribution in [3.8, 4) is 6.07 Å². The van der Waals surface area contributed by atoms with Crippen LogP contribution >= 0.6 is 0 Å². The molecule has 1 aliphatic rings. The van der Waals surface area contributed by atoms with Crippen LogP contribution in [0.2, 0.25) is 0 Å². The van der Waals surface area contributed by atoms with Crippen LogP contribution in [0.25, 0.3) is 6.08 Å². The van der Waals surface area contributed by atoms with Crippen LogP contribution in [-0.2, 0) is 16.1 Å². The number of aryl methyl sites for hydroxylation is 1. The van der Waals surface area contributed by atoms with Crippen molar-refractivity contribution in [1.82, 2.24) is 9.88 Å². The second kappa shape index (κ2) is 7.28. The van der Waals surface area contributed by atoms with Gasteiger partial charge in [0.25, 0.3) is 5.91 Å². The van der Waals surface area contributed by atoms with Crippen LogP contribution in [0.15, 0.2) is 11.6 Å². The summed E-state index contributed by atoms with van der Waals surface area (Å²) >= 11 is 0. The molecule has 1 saturated heterocycles. The molecule has 1 N–H and O–H groups in total. The highest BCUT2D eigenvalue weighted by Gasteiger charge is 2.19. The Morgan fingerprint density at radius 3 is 2.95 bits per heavy atom. The number of nitrogens with zero attached hydrogens (tertiary/aromatic N) is 2. The number of aromatic nitrogens is 1. The highest BCUT2D eigenvalue weighted by Crippen LogP contribution is 2.22. The van der Waals surface area contributed by atoms with Crippen molar-refractivity contribution in [2.24, 2.45) is 0 Å². The molecule has 1 aliphatic heterocycles. The average molecular weight is 301 g/mol. The Kier molecular flexibility index (Phi) is 5.40. The fourth-order valence-electron chi connectivity index (χ4n) is 2.81. The van der Waals surface area contributed by atoms with Crippen LogP contribution in [0.1, 0.15) is 36.7 Å². The van der Waals surface area contributed by atoms with E-state index in [-0.39, 0.29) is 17.6 Å². The Bertz CT molecular complexity index is 617. The van der Waals surface area contributed by atoms with E-state index in [9.17, 15) is 10.1 Å². The topological polar surface area (TPSA) is 67.0 Å². The summed E-state index contributed by atoms with van der Waals surface area (Å²) in [6.45, 7) is 8.06. The van der Waals surface area contributed by atoms with Gasteiger partial charge in [0.1, 0.15) is 11.6 Å². The maximum Gasteiger partial charge on any atom is 0.261 e. The summed E-state index contributed by atoms with van der Waals surface area (Å²) in [4.78, 5) is 11.8. The van der Waals surface area contributed by atoms with E-state index in [1.807, 2.05) is 32.9 Å². The first-order valence-corrected chi connectivity index (χ1v) is 7.75. The van der Waals surface area contributed by atoms with Gasteiger partial charge < -0.3 is 14.6 Å². The lowest BCUT2D eigenvalue weighted by Crippen LogP contribution is -2.23. The fourth-order valence-corrected chi connectivity index (χ4v) is 2.81. The largest absolute Gasteiger partial charge is 0.376 e. The van der Waals surface area contributed by atoms with Gasteiger partial charge in [-0.25, -0.2) is 0 Å². The van der Waals surface area contributed by atoms with Crippen molar-refractivity contribution >= 4 is 12.0 Å². The van der Waals surface area contributed by atoms with Gasteiger partial charge in [-0.05, 0) is 51.3 Å². The molecule has 1 aromatic rings. The fraction of sp³-hybridized carbons (Fsp3) is 0.529. The van der Waals surface area contributed by atoms with Crippen molar-refractivity contribution in [3.63, 3.8) is 0 Å². The van der Waals surface area contributed by atoms with Gasteiger partial charge in [-0.1, -0.05) is 0 Å². The van der Waals surface area contributed by atoms with E-state index in [2.05, 4.69) is 9.88 Å². The number of rotatable bonds is 5. The van der Waals surface area contributed by atoms with Crippen LogP contribution in [0.3, 0.4) is 0 Å². The van der Waals surface area contributed by atoms with Crippen LogP contribution in [0.5, 0.6) is 0 Å². The number of carbonyl (C=O) groups is 1. The Morgan fingerprint density at radius 2 is 2.36 bits per heavy atom. The molecular weight excluding hydrogens is 278 g/mol. The van der Waals surface area contributed by atoms with Crippen molar-refractivity contribution in [2.45, 2.75) is 46.3 Å². The standard InChI is InChI=1S/C17H23N3O2/c1-4-19-17(21)15(10-18)9-14-8-12(2)20(13(14)3)11-16-6-5-7-22-16/h8-9,16H,4-7,11H2,1-3H3,(H,19,21)/b15-9+/t16-/m0/s1. The molecule has 2 heterocycles. The van der Waals surface area contributed by atoms with E-state index in [0.717, 1.165) is 42.9 Å². The minimum atomic E-state index is -0.325. The van der Waals surface area contributed by atoms with Crippen molar-refractivity contribution < 1.29 is 9.53 Å². The van der Waals surface area contributed by atoms with Gasteiger partial charge in [0.05, 0.1) is 6.10 Å². The summed E-state index contributed by atoms with van der Waals surface area (Å²) in [5.41, 5.74) is 3.23. The molecule has 5 nitrogen and oxygen atoms in total. The minimum Gasteiger partial charge on any atom is -0.376 e. The SMILES string of the molecule is CCNC(=O)/C(C#N)=C/c1cc(C)n(C[C@@H]2CCCO2)c1C. The smallest absolute Gasteiger partial charge is 0.261 e. The van der Waals surface area contributed by atoms with E-state index >= 15 is 0 Å². The molecule has 1 atom stereocenters. The molecular formula is C17H23N3O2. The van der Waals surface area contributed by atoms with Crippen LogP contribution in [0.4, 0.5) is 0 Å². The van der Waals surface area contributed by atoms with Gasteiger partial charge in [-0.3, -0.25) is 4.79 Å². The molecule has 5 heteroatoms. The lowest BCUT2D eigenvalue weighted by Gasteiger charge is -2.14. The molecule has 0 saturated carbocycles. The summed E-state index contributed by atoms with van der Waals surface area (Å²) in [6, 6.07) is 3.99. The number of likely N-dealkylation sites (N-methyl/N-ethyl adjacent to an activating group) is 1. The van der Waals surface area contributed by atoms with Crippen LogP contribution < -0.4 is 5.32 Å². The number of carbonyl (C=O) groups excluding carboxylic acids is 1. The third-order valence-corrected chi connectivity index (χ3v) is 4.03. The molecule has 1 aromatic heterocycles. The molecule has 0 unspecified atom stereocenters. The molecule has 2 rings (SSSR count). The number of amides is 1. The third kappa shape index (κ3) is 3.58. The monoisotopic (exact) mass is 301 g/mol. The Hall–Kier alpha value is -2.06. The first kappa shape index (κ1) is 16.3. The van der Waals surface area contributed by atoms with E-state index in [4.69, 9.17) is 4.74 Å². The van der Waals surface area contributed by atoms with Gasteiger partial charge >= 0.3 is 0 Å². The second-order valence-corrected chi connectivity index (χ2v) is 5.60. The highest BCUT2D eigenvalue weighted by atomic mass is 16.5. The zero-order valence-electron chi connectivity index (χ0n) is 13.5. The predicted octanol–water partition coefficient (Wildman–Crippen LogP) is 2.33. The summed E-state index contributed by atoms with van der Waals surface area (Å²) < 4.78 is 7.90. The average Bonchev–Trinajstić information content (AvgIpc) is 3.09. The van der Waals surface area contributed by atoms with Crippen molar-refractivity contribution in [3.05, 3.63) is 28.6 Å². The normalized spacial score (nSPS) is 18.3. The molecule has 1 fully saturated rings. The maximum atomic E-state index is 11.8. The first-order valence-electron chi connectivity index (χ1n) is 7.75. The number of nitriles is 1. The molecule has 1 amide bonds. The van der Waals surface area contributed by atoms with Crippen molar-refractivity contribution in [1.29, 1.82) is 5.26 Å². The molecule has 0 bridgehead atoms. The third-order valence-electron chi connectivity index (χ3n) is 4.03. The Labute approximate surface area is 131 Å². The van der Waals surface area contributed by atoms with Crippen LogP contribution in [0, 0.1) is 25.2 Å². The second-order valence-electron chi connectivity index (χ2n) is 5.60. The molecule has 0 spiro atoms. The van der Waals surface area contributed by atoms with Gasteiger partial charge in [0.2, 0.25) is 0 Å². The van der Waals surface area contributed by atoms with Gasteiger partial charge in [-0.2, -0.15) is 5.26 Å². The van der Waals surface area contributed by atoms with E-state index in [1.54, 1.807) is 6.08 Å². The number of nitrogens with one attached hydrogen (secondary N) is 1. The summed E-state index contributed by atoms with van der Waals surface area (Å²) in [5.74, 6) is -0.325. The lowest BCUT2D eigenvalue weighted by atomic mass is 10.1. The number of hydrogen-bond acceptors (Lipinski definition) is 3. The minimum absolute atomic E-state index is 0.138. The Morgan fingerprint density at radius 1 is 1.59 bits per heavy atom. The molecule has 0 radical (unpaired) electrons. The van der Waals surface area contributed by atoms with E-state index < -0.39 is 0 Å². The van der Waals surface area contributed by atoms with Gasteiger partial charge in [-0.15, -0.1) is 0 Å². The molecule has 22 heavy (non-hydrogen) atoms. The zero-order valence-corrected chi connectivity index (χ0v) is 13.5. The quantitative estimate of drug-likeness (QED) is 0.670. The zero-order chi connectivity index (χ0) is 16.1. The number of hydrogen-bond donors (Lipinski definition) is 1. The highest BCUT2D eigenvalue weighted by molar-refractivity contribution is 6.01. The van der Waals surface area contributed by atoms with Crippen LogP contribution in [-0.4, -0.2) is 29.7 Å². The predicted molar refractivity (Wildman–Crippen MR) is 85.2 cm³/mol. The van der Waals surface area contributed by atoms with E-state index in [1.165, 1.54) is 0 Å². The Balaban J connectivity index is 2.24. The summed E-state index contributed by atoms with van der Waals surface area (Å²) in [7, 11) is 0. The van der Waals surface area contributed by atoms with E-state index in [0.29, 0.717) is 6.54 Å². The number of ether oxygens (including phenoxy) is 1. The van der Waals surface area contributed by atoms with Gasteiger partial charge in [0.15, 0.2) is 0 Å². The first-order chi connectivity index (χ1) is 10.6. The summed E-state index contributed by atoms with van der Waals surface area (Å²) in [6.07, 6.45) is 4.14. The molecule has 118 valence electrons. The molecule has 0 aliphatic carbocycles.